The minimum absolute atomic E-state index is 0.0545. The number of aliphatic imine (C=N–C) groups is 1. The quantitative estimate of drug-likeness (QED) is 0.525. The van der Waals surface area contributed by atoms with Crippen molar-refractivity contribution in [1.82, 2.24) is 4.98 Å². The van der Waals surface area contributed by atoms with Gasteiger partial charge < -0.3 is 24.4 Å². The van der Waals surface area contributed by atoms with Gasteiger partial charge in [0.05, 0.1) is 39.2 Å². The summed E-state index contributed by atoms with van der Waals surface area (Å²) in [5.41, 5.74) is 2.67. The number of benzene rings is 2. The molecule has 0 atom stereocenters. The van der Waals surface area contributed by atoms with Crippen molar-refractivity contribution in [2.24, 2.45) is 4.99 Å². The number of aromatic nitrogens is 1. The molecule has 3 N–H and O–H groups in total. The van der Waals surface area contributed by atoms with E-state index in [2.05, 4.69) is 9.98 Å². The number of phenolic OH excluding ortho intramolecular Hbond substituents is 1. The van der Waals surface area contributed by atoms with Gasteiger partial charge in [-0.05, 0) is 41.0 Å². The number of hydrogen-bond acceptors (Lipinski definition) is 7. The Kier molecular flexibility index (Phi) is 5.53. The number of nitrogens with zero attached hydrogens (tertiary/aromatic N) is 1. The molecule has 8 heteroatoms. The zero-order valence-corrected chi connectivity index (χ0v) is 17.1. The fraction of sp³-hybridized carbons (Fsp3) is 0.217. The Morgan fingerprint density at radius 2 is 2.00 bits per heavy atom. The van der Waals surface area contributed by atoms with Crippen LogP contribution < -0.4 is 15.0 Å². The number of phenols is 1. The molecule has 0 aliphatic carbocycles. The van der Waals surface area contributed by atoms with E-state index in [1.807, 2.05) is 12.1 Å². The highest BCUT2D eigenvalue weighted by atomic mass is 16.5. The van der Waals surface area contributed by atoms with Gasteiger partial charge in [0.25, 0.3) is 5.56 Å². The van der Waals surface area contributed by atoms with Crippen LogP contribution in [0.2, 0.25) is 0 Å². The molecule has 0 unspecified atom stereocenters. The monoisotopic (exact) mass is 422 g/mol. The van der Waals surface area contributed by atoms with Crippen LogP contribution in [0.4, 0.5) is 0 Å². The van der Waals surface area contributed by atoms with Crippen molar-refractivity contribution in [3.8, 4) is 23.1 Å². The van der Waals surface area contributed by atoms with E-state index in [1.54, 1.807) is 18.4 Å². The van der Waals surface area contributed by atoms with E-state index in [9.17, 15) is 15.0 Å². The van der Waals surface area contributed by atoms with Crippen molar-refractivity contribution in [2.45, 2.75) is 13.0 Å². The number of methoxy groups -OCH3 is 2. The van der Waals surface area contributed by atoms with Gasteiger partial charge in [0.1, 0.15) is 0 Å². The molecule has 1 aliphatic rings. The molecule has 0 amide bonds. The van der Waals surface area contributed by atoms with Gasteiger partial charge in [0.2, 0.25) is 11.6 Å². The van der Waals surface area contributed by atoms with Crippen LogP contribution in [0.1, 0.15) is 23.1 Å². The van der Waals surface area contributed by atoms with E-state index in [0.717, 1.165) is 17.6 Å². The SMILES string of the molecule is COc1cc(CN=Cc2c(O)[nH]c(=O)c3ccc(C4=COCC4)cc23)cc(O)c1OC. The third-order valence-electron chi connectivity index (χ3n) is 5.14. The summed E-state index contributed by atoms with van der Waals surface area (Å²) in [5.74, 6) is 0.324. The molecule has 2 aromatic carbocycles. The third-order valence-corrected chi connectivity index (χ3v) is 5.14. The Balaban J connectivity index is 1.71. The lowest BCUT2D eigenvalue weighted by Gasteiger charge is -2.11. The van der Waals surface area contributed by atoms with Crippen LogP contribution in [-0.4, -0.2) is 42.2 Å². The zero-order valence-electron chi connectivity index (χ0n) is 17.1. The Bertz CT molecular complexity index is 1260. The Morgan fingerprint density at radius 1 is 1.16 bits per heavy atom. The summed E-state index contributed by atoms with van der Waals surface area (Å²) in [7, 11) is 2.93. The molecular weight excluding hydrogens is 400 g/mol. The second kappa shape index (κ2) is 8.43. The molecule has 8 nitrogen and oxygen atoms in total. The van der Waals surface area contributed by atoms with E-state index < -0.39 is 0 Å². The van der Waals surface area contributed by atoms with Crippen molar-refractivity contribution in [1.29, 1.82) is 0 Å². The lowest BCUT2D eigenvalue weighted by molar-refractivity contribution is 0.281. The van der Waals surface area contributed by atoms with E-state index in [4.69, 9.17) is 14.2 Å². The van der Waals surface area contributed by atoms with Crippen molar-refractivity contribution in [2.75, 3.05) is 20.8 Å². The first kappa shape index (κ1) is 20.3. The highest BCUT2D eigenvalue weighted by molar-refractivity contribution is 6.02. The summed E-state index contributed by atoms with van der Waals surface area (Å²) in [5, 5.41) is 21.5. The van der Waals surface area contributed by atoms with Crippen LogP contribution in [0.3, 0.4) is 0 Å². The lowest BCUT2D eigenvalue weighted by atomic mass is 9.99. The molecule has 0 spiro atoms. The van der Waals surface area contributed by atoms with Crippen molar-refractivity contribution >= 4 is 22.6 Å². The Morgan fingerprint density at radius 3 is 2.71 bits per heavy atom. The fourth-order valence-corrected chi connectivity index (χ4v) is 3.60. The molecule has 1 aliphatic heterocycles. The number of aromatic hydroxyl groups is 2. The molecule has 2 heterocycles. The van der Waals surface area contributed by atoms with E-state index in [-0.39, 0.29) is 29.5 Å². The van der Waals surface area contributed by atoms with Crippen LogP contribution >= 0.6 is 0 Å². The third kappa shape index (κ3) is 3.92. The molecule has 0 bridgehead atoms. The van der Waals surface area contributed by atoms with Crippen LogP contribution in [0.5, 0.6) is 23.1 Å². The topological polar surface area (TPSA) is 113 Å². The molecule has 0 fully saturated rings. The number of hydrogen-bond donors (Lipinski definition) is 3. The number of pyridine rings is 1. The first-order valence-electron chi connectivity index (χ1n) is 9.65. The van der Waals surface area contributed by atoms with Crippen molar-refractivity contribution < 1.29 is 24.4 Å². The van der Waals surface area contributed by atoms with Gasteiger partial charge >= 0.3 is 0 Å². The maximum atomic E-state index is 12.3. The summed E-state index contributed by atoms with van der Waals surface area (Å²) in [6.07, 6.45) is 4.00. The highest BCUT2D eigenvalue weighted by Crippen LogP contribution is 2.37. The number of fused-ring (bicyclic) bond motifs is 1. The van der Waals surface area contributed by atoms with E-state index >= 15 is 0 Å². The van der Waals surface area contributed by atoms with Crippen LogP contribution in [0.15, 0.2) is 46.4 Å². The normalized spacial score (nSPS) is 13.4. The van der Waals surface area contributed by atoms with Crippen molar-refractivity contribution in [3.05, 3.63) is 63.6 Å². The molecule has 1 aromatic heterocycles. The smallest absolute Gasteiger partial charge is 0.258 e. The summed E-state index contributed by atoms with van der Waals surface area (Å²) in [6.45, 7) is 0.840. The minimum Gasteiger partial charge on any atom is -0.504 e. The second-order valence-corrected chi connectivity index (χ2v) is 7.06. The highest BCUT2D eigenvalue weighted by Gasteiger charge is 2.14. The maximum absolute atomic E-state index is 12.3. The van der Waals surface area contributed by atoms with Crippen LogP contribution in [0, 0.1) is 0 Å². The summed E-state index contributed by atoms with van der Waals surface area (Å²) in [4.78, 5) is 19.1. The molecule has 0 saturated carbocycles. The molecule has 0 saturated heterocycles. The molecular formula is C23H22N2O6. The van der Waals surface area contributed by atoms with Crippen LogP contribution in [-0.2, 0) is 11.3 Å². The zero-order chi connectivity index (χ0) is 22.0. The number of ether oxygens (including phenoxy) is 3. The first-order valence-corrected chi connectivity index (χ1v) is 9.65. The van der Waals surface area contributed by atoms with Gasteiger partial charge in [-0.3, -0.25) is 14.8 Å². The molecule has 3 aromatic rings. The standard InChI is InChI=1S/C23H22N2O6/c1-29-20-8-13(7-19(26)21(20)30-2)10-24-11-18-17-9-14(15-5-6-31-12-15)3-4-16(17)22(27)25-23(18)28/h3-4,7-9,11-12,26H,5-6,10H2,1-2H3,(H2,25,27,28). The molecule has 160 valence electrons. The van der Waals surface area contributed by atoms with Gasteiger partial charge in [-0.2, -0.15) is 0 Å². The largest absolute Gasteiger partial charge is 0.504 e. The average molecular weight is 422 g/mol. The Hall–Kier alpha value is -3.94. The predicted octanol–water partition coefficient (Wildman–Crippen LogP) is 3.34. The minimum atomic E-state index is -0.377. The summed E-state index contributed by atoms with van der Waals surface area (Å²) >= 11 is 0. The summed E-state index contributed by atoms with van der Waals surface area (Å²) in [6, 6.07) is 8.70. The predicted molar refractivity (Wildman–Crippen MR) is 117 cm³/mol. The molecule has 0 radical (unpaired) electrons. The molecule has 4 rings (SSSR count). The molecule has 31 heavy (non-hydrogen) atoms. The van der Waals surface area contributed by atoms with Gasteiger partial charge in [-0.25, -0.2) is 0 Å². The number of H-pyrrole nitrogens is 1. The first-order chi connectivity index (χ1) is 15.0. The van der Waals surface area contributed by atoms with Crippen LogP contribution in [0.25, 0.3) is 16.3 Å². The lowest BCUT2D eigenvalue weighted by Crippen LogP contribution is -2.08. The maximum Gasteiger partial charge on any atom is 0.258 e. The Labute approximate surface area is 178 Å². The van der Waals surface area contributed by atoms with E-state index in [0.29, 0.717) is 34.3 Å². The van der Waals surface area contributed by atoms with E-state index in [1.165, 1.54) is 26.5 Å². The average Bonchev–Trinajstić information content (AvgIpc) is 3.30. The van der Waals surface area contributed by atoms with Gasteiger partial charge in [-0.15, -0.1) is 0 Å². The second-order valence-electron chi connectivity index (χ2n) is 7.06. The number of nitrogens with one attached hydrogen (secondary N) is 1. The number of aromatic amines is 1. The van der Waals surface area contributed by atoms with Gasteiger partial charge in [0.15, 0.2) is 11.5 Å². The van der Waals surface area contributed by atoms with Gasteiger partial charge in [-0.1, -0.05) is 6.07 Å². The number of rotatable bonds is 6. The van der Waals surface area contributed by atoms with Gasteiger partial charge in [0, 0.05) is 23.4 Å². The van der Waals surface area contributed by atoms with Crippen molar-refractivity contribution in [3.63, 3.8) is 0 Å². The fourth-order valence-electron chi connectivity index (χ4n) is 3.60. The summed E-state index contributed by atoms with van der Waals surface area (Å²) < 4.78 is 15.7.